The number of rotatable bonds is 5. The number of nitrogens with one attached hydrogen (secondary N) is 1. The van der Waals surface area contributed by atoms with E-state index in [0.29, 0.717) is 12.5 Å². The summed E-state index contributed by atoms with van der Waals surface area (Å²) in [6.07, 6.45) is 1.00. The molecule has 1 atom stereocenters. The number of benzene rings is 2. The summed E-state index contributed by atoms with van der Waals surface area (Å²) in [6.45, 7) is 6.56. The van der Waals surface area contributed by atoms with E-state index >= 15 is 0 Å². The van der Waals surface area contributed by atoms with E-state index in [2.05, 4.69) is 41.1 Å². The minimum absolute atomic E-state index is 0.486. The number of anilines is 1. The van der Waals surface area contributed by atoms with Crippen molar-refractivity contribution in [2.45, 2.75) is 12.3 Å². The van der Waals surface area contributed by atoms with Gasteiger partial charge in [-0.05, 0) is 42.8 Å². The Hall–Kier alpha value is -2.79. The molecule has 26 heavy (non-hydrogen) atoms. The summed E-state index contributed by atoms with van der Waals surface area (Å²) in [5.41, 5.74) is 11.2. The molecule has 1 unspecified atom stereocenters. The zero-order valence-electron chi connectivity index (χ0n) is 15.0. The van der Waals surface area contributed by atoms with Gasteiger partial charge in [-0.15, -0.1) is 0 Å². The number of hydrogen-bond acceptors (Lipinski definition) is 5. The molecule has 0 radical (unpaired) electrons. The van der Waals surface area contributed by atoms with Crippen molar-refractivity contribution in [1.82, 2.24) is 5.32 Å². The van der Waals surface area contributed by atoms with Gasteiger partial charge in [0, 0.05) is 29.4 Å². The van der Waals surface area contributed by atoms with Crippen molar-refractivity contribution >= 4 is 22.9 Å². The molecule has 3 N–H and O–H groups in total. The van der Waals surface area contributed by atoms with Gasteiger partial charge in [-0.25, -0.2) is 4.99 Å². The van der Waals surface area contributed by atoms with Crippen molar-refractivity contribution in [3.63, 3.8) is 0 Å². The van der Waals surface area contributed by atoms with Crippen LogP contribution < -0.4 is 20.7 Å². The molecule has 2 aromatic rings. The summed E-state index contributed by atoms with van der Waals surface area (Å²) in [5.74, 6) is 2.21. The van der Waals surface area contributed by atoms with Gasteiger partial charge in [0.15, 0.2) is 0 Å². The van der Waals surface area contributed by atoms with E-state index in [1.807, 2.05) is 18.2 Å². The predicted octanol–water partition coefficient (Wildman–Crippen LogP) is 3.25. The molecular formula is C21H24N4O. The van der Waals surface area contributed by atoms with Gasteiger partial charge >= 0.3 is 0 Å². The molecular weight excluding hydrogens is 324 g/mol. The van der Waals surface area contributed by atoms with Gasteiger partial charge in [-0.3, -0.25) is 0 Å². The first-order valence-electron chi connectivity index (χ1n) is 8.95. The van der Waals surface area contributed by atoms with Crippen LogP contribution >= 0.6 is 0 Å². The Kier molecular flexibility index (Phi) is 4.39. The Morgan fingerprint density at radius 3 is 2.96 bits per heavy atom. The van der Waals surface area contributed by atoms with Gasteiger partial charge in [-0.2, -0.15) is 0 Å². The third kappa shape index (κ3) is 2.95. The minimum Gasteiger partial charge on any atom is -0.497 e. The zero-order chi connectivity index (χ0) is 18.1. The molecule has 0 aliphatic carbocycles. The van der Waals surface area contributed by atoms with Crippen LogP contribution in [0.25, 0.3) is 5.70 Å². The molecule has 2 heterocycles. The number of para-hydroxylation sites is 1. The number of methoxy groups -OCH3 is 1. The largest absolute Gasteiger partial charge is 0.497 e. The van der Waals surface area contributed by atoms with Crippen LogP contribution in [0.1, 0.15) is 23.5 Å². The Morgan fingerprint density at radius 1 is 1.31 bits per heavy atom. The fourth-order valence-corrected chi connectivity index (χ4v) is 3.83. The molecule has 2 aromatic carbocycles. The number of aliphatic imine (C=N–C) groups is 1. The number of nitrogens with zero attached hydrogens (tertiary/aromatic N) is 2. The predicted molar refractivity (Wildman–Crippen MR) is 107 cm³/mol. The lowest BCUT2D eigenvalue weighted by Crippen LogP contribution is -2.37. The third-order valence-electron chi connectivity index (χ3n) is 5.09. The quantitative estimate of drug-likeness (QED) is 0.871. The van der Waals surface area contributed by atoms with E-state index in [4.69, 9.17) is 15.5 Å². The Bertz CT molecular complexity index is 874. The first-order chi connectivity index (χ1) is 12.7. The Morgan fingerprint density at radius 2 is 2.15 bits per heavy atom. The molecule has 4 rings (SSSR count). The van der Waals surface area contributed by atoms with Crippen molar-refractivity contribution in [2.75, 3.05) is 31.6 Å². The van der Waals surface area contributed by atoms with Crippen molar-refractivity contribution < 1.29 is 4.74 Å². The summed E-state index contributed by atoms with van der Waals surface area (Å²) < 4.78 is 5.30. The summed E-state index contributed by atoms with van der Waals surface area (Å²) in [6, 6.07) is 14.5. The van der Waals surface area contributed by atoms with Crippen LogP contribution in [-0.4, -0.2) is 32.6 Å². The van der Waals surface area contributed by atoms with Gasteiger partial charge in [0.05, 0.1) is 19.3 Å². The molecule has 2 aliphatic heterocycles. The summed E-state index contributed by atoms with van der Waals surface area (Å²) in [7, 11) is 1.66. The van der Waals surface area contributed by atoms with Crippen molar-refractivity contribution in [1.29, 1.82) is 0 Å². The highest BCUT2D eigenvalue weighted by Crippen LogP contribution is 2.38. The molecule has 5 heteroatoms. The highest BCUT2D eigenvalue weighted by molar-refractivity contribution is 6.00. The van der Waals surface area contributed by atoms with Crippen LogP contribution in [-0.2, 0) is 0 Å². The van der Waals surface area contributed by atoms with Crippen LogP contribution in [0.5, 0.6) is 5.75 Å². The highest BCUT2D eigenvalue weighted by Gasteiger charge is 2.29. The molecule has 0 amide bonds. The summed E-state index contributed by atoms with van der Waals surface area (Å²) >= 11 is 0. The van der Waals surface area contributed by atoms with Gasteiger partial charge < -0.3 is 20.7 Å². The van der Waals surface area contributed by atoms with Gasteiger partial charge in [0.2, 0.25) is 0 Å². The maximum absolute atomic E-state index is 5.81. The van der Waals surface area contributed by atoms with E-state index in [1.165, 1.54) is 11.3 Å². The van der Waals surface area contributed by atoms with Gasteiger partial charge in [-0.1, -0.05) is 24.8 Å². The van der Waals surface area contributed by atoms with Crippen LogP contribution in [0.3, 0.4) is 0 Å². The average Bonchev–Trinajstić information content (AvgIpc) is 3.00. The van der Waals surface area contributed by atoms with Crippen LogP contribution in [0.2, 0.25) is 0 Å². The number of amidine groups is 1. The molecule has 0 saturated heterocycles. The molecule has 0 bridgehead atoms. The molecule has 134 valence electrons. The molecule has 2 aliphatic rings. The minimum atomic E-state index is 0.486. The van der Waals surface area contributed by atoms with Crippen LogP contribution in [0.15, 0.2) is 54.0 Å². The van der Waals surface area contributed by atoms with Crippen molar-refractivity contribution in [2.24, 2.45) is 10.7 Å². The van der Waals surface area contributed by atoms with E-state index in [1.54, 1.807) is 7.11 Å². The normalized spacial score (nSPS) is 18.1. The average molecular weight is 348 g/mol. The lowest BCUT2D eigenvalue weighted by molar-refractivity contribution is 0.414. The molecule has 0 spiro atoms. The Labute approximate surface area is 154 Å². The highest BCUT2D eigenvalue weighted by atomic mass is 16.5. The second-order valence-corrected chi connectivity index (χ2v) is 6.76. The Balaban J connectivity index is 1.60. The monoisotopic (exact) mass is 348 g/mol. The van der Waals surface area contributed by atoms with E-state index in [9.17, 15) is 0 Å². The number of ether oxygens (including phenoxy) is 1. The fourth-order valence-electron chi connectivity index (χ4n) is 3.83. The first-order valence-corrected chi connectivity index (χ1v) is 8.95. The molecule has 5 nitrogen and oxygen atoms in total. The zero-order valence-corrected chi connectivity index (χ0v) is 15.0. The lowest BCUT2D eigenvalue weighted by Gasteiger charge is -2.25. The lowest BCUT2D eigenvalue weighted by atomic mass is 9.98. The number of nitrogens with two attached hydrogens (primary N) is 1. The second kappa shape index (κ2) is 6.84. The number of hydrogen-bond donors (Lipinski definition) is 2. The SMILES string of the molecule is C=C1NC(CN2CC(CCN)c3ccccc32)=Nc2ccc(OC)cc21. The van der Waals surface area contributed by atoms with E-state index in [-0.39, 0.29) is 0 Å². The van der Waals surface area contributed by atoms with Crippen molar-refractivity contribution in [3.05, 3.63) is 60.2 Å². The maximum Gasteiger partial charge on any atom is 0.126 e. The van der Waals surface area contributed by atoms with E-state index in [0.717, 1.165) is 48.0 Å². The van der Waals surface area contributed by atoms with Gasteiger partial charge in [0.25, 0.3) is 0 Å². The fraction of sp³-hybridized carbons (Fsp3) is 0.286. The summed E-state index contributed by atoms with van der Waals surface area (Å²) in [5, 5.41) is 3.36. The summed E-state index contributed by atoms with van der Waals surface area (Å²) in [4.78, 5) is 7.18. The smallest absolute Gasteiger partial charge is 0.126 e. The maximum atomic E-state index is 5.81. The second-order valence-electron chi connectivity index (χ2n) is 6.76. The standard InChI is InChI=1S/C21H24N4O/c1-14-18-11-16(26-2)7-8-19(18)24-21(23-14)13-25-12-15(9-10-22)17-5-3-4-6-20(17)25/h3-8,11,15H,1,9-10,12-13,22H2,2H3,(H,23,24). The topological polar surface area (TPSA) is 62.9 Å². The molecule has 0 aromatic heterocycles. The van der Waals surface area contributed by atoms with Crippen LogP contribution in [0, 0.1) is 0 Å². The third-order valence-corrected chi connectivity index (χ3v) is 5.09. The first kappa shape index (κ1) is 16.7. The molecule has 0 fully saturated rings. The van der Waals surface area contributed by atoms with Gasteiger partial charge in [0.1, 0.15) is 11.6 Å². The van der Waals surface area contributed by atoms with Crippen LogP contribution in [0.4, 0.5) is 11.4 Å². The van der Waals surface area contributed by atoms with E-state index < -0.39 is 0 Å². The number of fused-ring (bicyclic) bond motifs is 2. The molecule has 0 saturated carbocycles. The van der Waals surface area contributed by atoms with Crippen molar-refractivity contribution in [3.8, 4) is 5.75 Å².